The summed E-state index contributed by atoms with van der Waals surface area (Å²) in [5.41, 5.74) is 0. The largest absolute Gasteiger partial charge is 0.378 e. The van der Waals surface area contributed by atoms with Crippen molar-refractivity contribution in [3.8, 4) is 0 Å². The van der Waals surface area contributed by atoms with Crippen molar-refractivity contribution in [2.75, 3.05) is 6.61 Å². The Labute approximate surface area is 55.4 Å². The predicted octanol–water partition coefficient (Wildman–Crippen LogP) is 1.43. The molecular formula is C8H12O. The summed E-state index contributed by atoms with van der Waals surface area (Å²) in [5.74, 6) is 3.04. The Balaban J connectivity index is 2.02. The van der Waals surface area contributed by atoms with Gasteiger partial charge in [0.2, 0.25) is 0 Å². The van der Waals surface area contributed by atoms with Crippen LogP contribution in [0.3, 0.4) is 0 Å². The topological polar surface area (TPSA) is 9.23 Å². The molecule has 9 heavy (non-hydrogen) atoms. The van der Waals surface area contributed by atoms with Crippen LogP contribution in [0.5, 0.6) is 0 Å². The third kappa shape index (κ3) is 0.454. The van der Waals surface area contributed by atoms with Gasteiger partial charge in [-0.15, -0.1) is 0 Å². The van der Waals surface area contributed by atoms with E-state index in [1.54, 1.807) is 0 Å². The van der Waals surface area contributed by atoms with E-state index in [0.717, 1.165) is 24.4 Å². The first-order chi connectivity index (χ1) is 4.43. The first-order valence-corrected chi connectivity index (χ1v) is 4.05. The molecule has 1 nitrogen and oxygen atoms in total. The molecule has 3 fully saturated rings. The van der Waals surface area contributed by atoms with Crippen LogP contribution in [0.4, 0.5) is 0 Å². The van der Waals surface area contributed by atoms with Crippen molar-refractivity contribution >= 4 is 0 Å². The lowest BCUT2D eigenvalue weighted by molar-refractivity contribution is 0.102. The Morgan fingerprint density at radius 2 is 2.11 bits per heavy atom. The van der Waals surface area contributed by atoms with E-state index in [9.17, 15) is 0 Å². The molecule has 3 rings (SSSR count). The average molecular weight is 124 g/mol. The Morgan fingerprint density at radius 1 is 1.11 bits per heavy atom. The molecule has 1 heterocycles. The quantitative estimate of drug-likeness (QED) is 0.474. The van der Waals surface area contributed by atoms with E-state index >= 15 is 0 Å². The molecule has 1 saturated heterocycles. The van der Waals surface area contributed by atoms with Crippen LogP contribution in [0.25, 0.3) is 0 Å². The molecule has 0 aromatic heterocycles. The van der Waals surface area contributed by atoms with E-state index < -0.39 is 0 Å². The molecule has 0 spiro atoms. The second-order valence-electron chi connectivity index (χ2n) is 3.87. The summed E-state index contributed by atoms with van der Waals surface area (Å²) in [4.78, 5) is 0. The minimum absolute atomic E-state index is 0.703. The Kier molecular flexibility index (Phi) is 0.704. The first-order valence-electron chi connectivity index (χ1n) is 4.05. The minimum Gasteiger partial charge on any atom is -0.378 e. The molecule has 0 amide bonds. The molecule has 0 unspecified atom stereocenters. The maximum absolute atomic E-state index is 5.63. The fraction of sp³-hybridized carbons (Fsp3) is 1.00. The molecular weight excluding hydrogens is 112 g/mol. The van der Waals surface area contributed by atoms with E-state index in [1.807, 2.05) is 0 Å². The molecule has 0 aromatic carbocycles. The molecule has 0 N–H and O–H groups in total. The van der Waals surface area contributed by atoms with Gasteiger partial charge in [-0.05, 0) is 37.0 Å². The predicted molar refractivity (Wildman–Crippen MR) is 34.1 cm³/mol. The highest BCUT2D eigenvalue weighted by atomic mass is 16.5. The maximum atomic E-state index is 5.63. The zero-order valence-electron chi connectivity index (χ0n) is 5.55. The van der Waals surface area contributed by atoms with E-state index in [2.05, 4.69) is 0 Å². The summed E-state index contributed by atoms with van der Waals surface area (Å²) in [6, 6.07) is 0. The molecule has 1 heteroatoms. The van der Waals surface area contributed by atoms with Crippen LogP contribution >= 0.6 is 0 Å². The smallest absolute Gasteiger partial charge is 0.0609 e. The van der Waals surface area contributed by atoms with Crippen molar-refractivity contribution < 1.29 is 4.74 Å². The van der Waals surface area contributed by atoms with Crippen LogP contribution in [-0.4, -0.2) is 12.7 Å². The minimum atomic E-state index is 0.703. The average Bonchev–Trinajstić information content (AvgIpc) is 2.35. The van der Waals surface area contributed by atoms with Gasteiger partial charge >= 0.3 is 0 Å². The van der Waals surface area contributed by atoms with Crippen molar-refractivity contribution in [1.82, 2.24) is 0 Å². The molecule has 1 aliphatic heterocycles. The van der Waals surface area contributed by atoms with Crippen LogP contribution in [0.2, 0.25) is 0 Å². The highest BCUT2D eigenvalue weighted by Gasteiger charge is 2.50. The monoisotopic (exact) mass is 124 g/mol. The zero-order valence-corrected chi connectivity index (χ0v) is 5.55. The Morgan fingerprint density at radius 3 is 2.78 bits per heavy atom. The van der Waals surface area contributed by atoms with Gasteiger partial charge < -0.3 is 4.74 Å². The summed E-state index contributed by atoms with van der Waals surface area (Å²) in [5, 5.41) is 0. The summed E-state index contributed by atoms with van der Waals surface area (Å²) < 4.78 is 5.63. The lowest BCUT2D eigenvalue weighted by Crippen LogP contribution is -2.14. The molecule has 0 aromatic rings. The molecule has 4 atom stereocenters. The van der Waals surface area contributed by atoms with Crippen LogP contribution in [0.1, 0.15) is 19.3 Å². The Bertz CT molecular complexity index is 127. The van der Waals surface area contributed by atoms with Crippen LogP contribution in [0, 0.1) is 17.8 Å². The molecule has 2 bridgehead atoms. The van der Waals surface area contributed by atoms with E-state index in [-0.39, 0.29) is 0 Å². The van der Waals surface area contributed by atoms with Gasteiger partial charge in [0.15, 0.2) is 0 Å². The van der Waals surface area contributed by atoms with Crippen molar-refractivity contribution in [2.45, 2.75) is 25.4 Å². The standard InChI is InChI=1S/C8H12O/c1-5-2-7-6(1)4-9-8(7)3-5/h5-8H,1-4H2/t5-,6-,7-,8-/m1/s1. The summed E-state index contributed by atoms with van der Waals surface area (Å²) in [6.45, 7) is 1.09. The highest BCUT2D eigenvalue weighted by molar-refractivity contribution is 4.99. The molecule has 2 saturated carbocycles. The lowest BCUT2D eigenvalue weighted by Gasteiger charge is -2.14. The van der Waals surface area contributed by atoms with Gasteiger partial charge in [-0.3, -0.25) is 0 Å². The first kappa shape index (κ1) is 4.73. The van der Waals surface area contributed by atoms with E-state index in [4.69, 9.17) is 4.74 Å². The van der Waals surface area contributed by atoms with Gasteiger partial charge in [0, 0.05) is 0 Å². The fourth-order valence-electron chi connectivity index (χ4n) is 3.06. The summed E-state index contributed by atoms with van der Waals surface area (Å²) >= 11 is 0. The van der Waals surface area contributed by atoms with Gasteiger partial charge in [-0.25, -0.2) is 0 Å². The van der Waals surface area contributed by atoms with E-state index in [0.29, 0.717) is 6.10 Å². The third-order valence-electron chi connectivity index (χ3n) is 3.41. The van der Waals surface area contributed by atoms with Crippen LogP contribution in [0.15, 0.2) is 0 Å². The number of rotatable bonds is 0. The van der Waals surface area contributed by atoms with Crippen molar-refractivity contribution in [2.24, 2.45) is 17.8 Å². The second kappa shape index (κ2) is 1.34. The maximum Gasteiger partial charge on any atom is 0.0609 e. The van der Waals surface area contributed by atoms with Gasteiger partial charge in [0.1, 0.15) is 0 Å². The van der Waals surface area contributed by atoms with Crippen LogP contribution < -0.4 is 0 Å². The van der Waals surface area contributed by atoms with Gasteiger partial charge in [0.25, 0.3) is 0 Å². The molecule has 3 aliphatic rings. The van der Waals surface area contributed by atoms with E-state index in [1.165, 1.54) is 19.3 Å². The number of hydrogen-bond acceptors (Lipinski definition) is 1. The number of fused-ring (bicyclic) bond motifs is 1. The number of hydrogen-bond donors (Lipinski definition) is 0. The normalized spacial score (nSPS) is 61.3. The number of ether oxygens (including phenoxy) is 1. The fourth-order valence-corrected chi connectivity index (χ4v) is 3.06. The van der Waals surface area contributed by atoms with Crippen molar-refractivity contribution in [1.29, 1.82) is 0 Å². The van der Waals surface area contributed by atoms with Gasteiger partial charge in [0.05, 0.1) is 12.7 Å². The van der Waals surface area contributed by atoms with Crippen molar-refractivity contribution in [3.05, 3.63) is 0 Å². The van der Waals surface area contributed by atoms with Gasteiger partial charge in [-0.2, -0.15) is 0 Å². The lowest BCUT2D eigenvalue weighted by atomic mass is 9.90. The zero-order chi connectivity index (χ0) is 5.84. The Hall–Kier alpha value is -0.0400. The SMILES string of the molecule is C1O[C@@H]2C[C@@H]3C[C@H]1[C@H]2C3. The summed E-state index contributed by atoms with van der Waals surface area (Å²) in [7, 11) is 0. The highest BCUT2D eigenvalue weighted by Crippen LogP contribution is 2.53. The summed E-state index contributed by atoms with van der Waals surface area (Å²) in [6.07, 6.45) is 5.08. The second-order valence-corrected chi connectivity index (χ2v) is 3.87. The molecule has 2 aliphatic carbocycles. The third-order valence-corrected chi connectivity index (χ3v) is 3.41. The molecule has 0 radical (unpaired) electrons. The van der Waals surface area contributed by atoms with Gasteiger partial charge in [-0.1, -0.05) is 0 Å². The van der Waals surface area contributed by atoms with Crippen molar-refractivity contribution in [3.63, 3.8) is 0 Å². The molecule has 50 valence electrons. The van der Waals surface area contributed by atoms with Crippen LogP contribution in [-0.2, 0) is 4.74 Å².